The van der Waals surface area contributed by atoms with Crippen LogP contribution < -0.4 is 4.90 Å². The fourth-order valence-electron chi connectivity index (χ4n) is 3.63. The molecule has 1 aliphatic rings. The van der Waals surface area contributed by atoms with E-state index < -0.39 is 29.4 Å². The fraction of sp³-hybridized carbons (Fsp3) is 0.0870. The summed E-state index contributed by atoms with van der Waals surface area (Å²) in [6.07, 6.45) is 0. The van der Waals surface area contributed by atoms with Crippen LogP contribution in [0.2, 0.25) is 15.1 Å². The monoisotopic (exact) mass is 457 g/mol. The smallest absolute Gasteiger partial charge is 0.295 e. The Morgan fingerprint density at radius 2 is 1.37 bits per heavy atom. The van der Waals surface area contributed by atoms with Crippen molar-refractivity contribution in [2.24, 2.45) is 5.92 Å². The zero-order chi connectivity index (χ0) is 21.4. The number of amides is 1. The number of carbonyl (C=O) groups is 3. The van der Waals surface area contributed by atoms with E-state index in [0.717, 1.165) is 0 Å². The van der Waals surface area contributed by atoms with Crippen molar-refractivity contribution in [2.45, 2.75) is 6.04 Å². The van der Waals surface area contributed by atoms with Gasteiger partial charge in [-0.15, -0.1) is 0 Å². The molecule has 1 saturated heterocycles. The van der Waals surface area contributed by atoms with Gasteiger partial charge in [-0.3, -0.25) is 19.3 Å². The molecular formula is C23H14Cl3NO3. The molecule has 7 heteroatoms. The van der Waals surface area contributed by atoms with Crippen molar-refractivity contribution >= 4 is 58.0 Å². The van der Waals surface area contributed by atoms with Gasteiger partial charge in [0.2, 0.25) is 5.78 Å². The topological polar surface area (TPSA) is 54.5 Å². The standard InChI is InChI=1S/C23H14Cl3NO3/c24-15-8-4-13(5-9-15)20-19(21(28)14-6-10-16(25)11-7-14)22(29)23(30)27(20)18-3-1-2-17(26)12-18/h1-12,19-20H. The highest BCUT2D eigenvalue weighted by Crippen LogP contribution is 2.42. The largest absolute Gasteiger partial charge is 0.297 e. The number of carbonyl (C=O) groups excluding carboxylic acids is 3. The van der Waals surface area contributed by atoms with Crippen LogP contribution in [0, 0.1) is 5.92 Å². The van der Waals surface area contributed by atoms with Crippen molar-refractivity contribution < 1.29 is 14.4 Å². The van der Waals surface area contributed by atoms with Gasteiger partial charge in [-0.05, 0) is 60.2 Å². The Hall–Kier alpha value is -2.66. The highest BCUT2D eigenvalue weighted by Gasteiger charge is 2.52. The normalized spacial score (nSPS) is 18.7. The maximum atomic E-state index is 13.3. The second-order valence-corrected chi connectivity index (χ2v) is 8.17. The van der Waals surface area contributed by atoms with Crippen molar-refractivity contribution in [1.82, 2.24) is 0 Å². The Labute approximate surface area is 188 Å². The fourth-order valence-corrected chi connectivity index (χ4v) is 4.07. The summed E-state index contributed by atoms with van der Waals surface area (Å²) >= 11 is 18.0. The van der Waals surface area contributed by atoms with Gasteiger partial charge in [0.05, 0.1) is 6.04 Å². The summed E-state index contributed by atoms with van der Waals surface area (Å²) in [7, 11) is 0. The first kappa shape index (κ1) is 20.6. The molecule has 30 heavy (non-hydrogen) atoms. The number of anilines is 1. The summed E-state index contributed by atoms with van der Waals surface area (Å²) < 4.78 is 0. The molecule has 4 nitrogen and oxygen atoms in total. The van der Waals surface area contributed by atoms with Gasteiger partial charge in [0.25, 0.3) is 5.91 Å². The van der Waals surface area contributed by atoms with Gasteiger partial charge in [0, 0.05) is 26.3 Å². The molecule has 0 aromatic heterocycles. The lowest BCUT2D eigenvalue weighted by atomic mass is 9.86. The highest BCUT2D eigenvalue weighted by molar-refractivity contribution is 6.49. The first-order valence-corrected chi connectivity index (χ1v) is 10.2. The predicted molar refractivity (Wildman–Crippen MR) is 117 cm³/mol. The molecule has 1 fully saturated rings. The molecule has 150 valence electrons. The van der Waals surface area contributed by atoms with E-state index in [0.29, 0.717) is 31.9 Å². The lowest BCUT2D eigenvalue weighted by Gasteiger charge is -2.27. The summed E-state index contributed by atoms with van der Waals surface area (Å²) in [4.78, 5) is 40.7. The molecular weight excluding hydrogens is 445 g/mol. The van der Waals surface area contributed by atoms with Gasteiger partial charge in [-0.1, -0.05) is 53.0 Å². The van der Waals surface area contributed by atoms with Crippen LogP contribution in [-0.4, -0.2) is 17.5 Å². The van der Waals surface area contributed by atoms with Crippen LogP contribution in [0.4, 0.5) is 5.69 Å². The lowest BCUT2D eigenvalue weighted by molar-refractivity contribution is -0.135. The highest BCUT2D eigenvalue weighted by atomic mass is 35.5. The molecule has 0 radical (unpaired) electrons. The Kier molecular flexibility index (Phi) is 5.65. The first-order valence-electron chi connectivity index (χ1n) is 9.05. The predicted octanol–water partition coefficient (Wildman–Crippen LogP) is 5.80. The number of nitrogens with zero attached hydrogens (tertiary/aromatic N) is 1. The van der Waals surface area contributed by atoms with Gasteiger partial charge >= 0.3 is 0 Å². The van der Waals surface area contributed by atoms with Crippen molar-refractivity contribution in [1.29, 1.82) is 0 Å². The minimum absolute atomic E-state index is 0.303. The number of hydrogen-bond donors (Lipinski definition) is 0. The average molecular weight is 459 g/mol. The molecule has 0 spiro atoms. The molecule has 0 aliphatic carbocycles. The van der Waals surface area contributed by atoms with E-state index >= 15 is 0 Å². The van der Waals surface area contributed by atoms with Crippen LogP contribution in [-0.2, 0) is 9.59 Å². The van der Waals surface area contributed by atoms with Gasteiger partial charge in [-0.25, -0.2) is 0 Å². The molecule has 1 heterocycles. The Morgan fingerprint density at radius 1 is 0.767 bits per heavy atom. The first-order chi connectivity index (χ1) is 14.4. The molecule has 1 aliphatic heterocycles. The number of ketones is 2. The minimum Gasteiger partial charge on any atom is -0.297 e. The molecule has 0 saturated carbocycles. The van der Waals surface area contributed by atoms with Gasteiger partial charge in [-0.2, -0.15) is 0 Å². The van der Waals surface area contributed by atoms with E-state index in [-0.39, 0.29) is 0 Å². The SMILES string of the molecule is O=C1C(=O)N(c2cccc(Cl)c2)C(c2ccc(Cl)cc2)C1C(=O)c1ccc(Cl)cc1. The van der Waals surface area contributed by atoms with Crippen LogP contribution in [0.5, 0.6) is 0 Å². The maximum absolute atomic E-state index is 13.3. The van der Waals surface area contributed by atoms with Crippen LogP contribution in [0.3, 0.4) is 0 Å². The van der Waals surface area contributed by atoms with E-state index in [4.69, 9.17) is 34.8 Å². The third kappa shape index (κ3) is 3.74. The van der Waals surface area contributed by atoms with Crippen LogP contribution >= 0.6 is 34.8 Å². The Bertz CT molecular complexity index is 1140. The molecule has 0 N–H and O–H groups in total. The summed E-state index contributed by atoms with van der Waals surface area (Å²) in [5.41, 5.74) is 1.36. The van der Waals surface area contributed by atoms with Gasteiger partial charge < -0.3 is 0 Å². The molecule has 4 rings (SSSR count). The second kappa shape index (κ2) is 8.23. The Morgan fingerprint density at radius 3 is 1.97 bits per heavy atom. The van der Waals surface area contributed by atoms with Crippen LogP contribution in [0.1, 0.15) is 22.0 Å². The number of hydrogen-bond acceptors (Lipinski definition) is 3. The van der Waals surface area contributed by atoms with Gasteiger partial charge in [0.15, 0.2) is 5.78 Å². The lowest BCUT2D eigenvalue weighted by Crippen LogP contribution is -2.30. The summed E-state index contributed by atoms with van der Waals surface area (Å²) in [5, 5.41) is 1.38. The van der Waals surface area contributed by atoms with Crippen LogP contribution in [0.15, 0.2) is 72.8 Å². The number of rotatable bonds is 4. The maximum Gasteiger partial charge on any atom is 0.295 e. The quantitative estimate of drug-likeness (QED) is 0.282. The minimum atomic E-state index is -1.21. The van der Waals surface area contributed by atoms with E-state index in [2.05, 4.69) is 0 Å². The summed E-state index contributed by atoms with van der Waals surface area (Å²) in [5.74, 6) is -3.19. The number of halogens is 3. The van der Waals surface area contributed by atoms with E-state index in [1.165, 1.54) is 4.90 Å². The molecule has 3 aromatic rings. The molecule has 2 unspecified atom stereocenters. The van der Waals surface area contributed by atoms with Crippen molar-refractivity contribution in [3.63, 3.8) is 0 Å². The second-order valence-electron chi connectivity index (χ2n) is 6.86. The zero-order valence-electron chi connectivity index (χ0n) is 15.4. The molecule has 1 amide bonds. The Balaban J connectivity index is 1.86. The van der Waals surface area contributed by atoms with Crippen LogP contribution in [0.25, 0.3) is 0 Å². The van der Waals surface area contributed by atoms with Crippen molar-refractivity contribution in [3.8, 4) is 0 Å². The third-order valence-electron chi connectivity index (χ3n) is 5.02. The molecule has 0 bridgehead atoms. The summed E-state index contributed by atoms with van der Waals surface area (Å²) in [6.45, 7) is 0. The number of benzene rings is 3. The van der Waals surface area contributed by atoms with Crippen molar-refractivity contribution in [3.05, 3.63) is 99.0 Å². The van der Waals surface area contributed by atoms with Crippen molar-refractivity contribution in [2.75, 3.05) is 4.90 Å². The van der Waals surface area contributed by atoms with E-state index in [9.17, 15) is 14.4 Å². The molecule has 3 aromatic carbocycles. The van der Waals surface area contributed by atoms with Gasteiger partial charge in [0.1, 0.15) is 5.92 Å². The zero-order valence-corrected chi connectivity index (χ0v) is 17.7. The summed E-state index contributed by atoms with van der Waals surface area (Å²) in [6, 6.07) is 18.7. The van der Waals surface area contributed by atoms with E-state index in [1.807, 2.05) is 0 Å². The van der Waals surface area contributed by atoms with E-state index in [1.54, 1.807) is 72.8 Å². The molecule has 2 atom stereocenters. The third-order valence-corrected chi connectivity index (χ3v) is 5.75. The number of Topliss-reactive ketones (excluding diaryl/α,β-unsaturated/α-hetero) is 2. The average Bonchev–Trinajstić information content (AvgIpc) is 2.99.